The van der Waals surface area contributed by atoms with Crippen molar-refractivity contribution in [2.75, 3.05) is 20.3 Å². The molecule has 0 N–H and O–H groups in total. The predicted molar refractivity (Wildman–Crippen MR) is 97.9 cm³/mol. The van der Waals surface area contributed by atoms with E-state index in [1.54, 1.807) is 19.2 Å². The molecule has 0 saturated carbocycles. The van der Waals surface area contributed by atoms with Crippen molar-refractivity contribution in [2.24, 2.45) is 0 Å². The number of rotatable bonds is 7. The third-order valence-electron chi connectivity index (χ3n) is 4.70. The molecule has 1 heterocycles. The molecule has 1 aliphatic heterocycles. The number of amides is 1. The minimum atomic E-state index is -0.300. The zero-order chi connectivity index (χ0) is 18.4. The van der Waals surface area contributed by atoms with Crippen molar-refractivity contribution >= 4 is 5.91 Å². The van der Waals surface area contributed by atoms with E-state index < -0.39 is 0 Å². The molecule has 0 aromatic heterocycles. The van der Waals surface area contributed by atoms with Gasteiger partial charge in [0.1, 0.15) is 17.3 Å². The SMILES string of the molecule is COc1cccc(CC2CCCN2C(=O)CCOc2ccc(F)cc2)c1. The topological polar surface area (TPSA) is 38.8 Å². The van der Waals surface area contributed by atoms with Gasteiger partial charge in [0.05, 0.1) is 20.1 Å². The molecule has 1 atom stereocenters. The molecule has 2 aromatic carbocycles. The van der Waals surface area contributed by atoms with Crippen molar-refractivity contribution < 1.29 is 18.7 Å². The number of halogens is 1. The molecule has 3 rings (SSSR count). The van der Waals surface area contributed by atoms with Gasteiger partial charge in [0.2, 0.25) is 5.91 Å². The van der Waals surface area contributed by atoms with Gasteiger partial charge in [-0.1, -0.05) is 12.1 Å². The van der Waals surface area contributed by atoms with Crippen LogP contribution in [0, 0.1) is 5.82 Å². The molecule has 0 aliphatic carbocycles. The first-order chi connectivity index (χ1) is 12.7. The molecule has 1 aliphatic rings. The summed E-state index contributed by atoms with van der Waals surface area (Å²) in [7, 11) is 1.66. The highest BCUT2D eigenvalue weighted by Gasteiger charge is 2.28. The van der Waals surface area contributed by atoms with Crippen LogP contribution < -0.4 is 9.47 Å². The number of nitrogens with zero attached hydrogens (tertiary/aromatic N) is 1. The van der Waals surface area contributed by atoms with Crippen LogP contribution in [-0.4, -0.2) is 37.1 Å². The number of hydrogen-bond donors (Lipinski definition) is 0. The monoisotopic (exact) mass is 357 g/mol. The van der Waals surface area contributed by atoms with Crippen LogP contribution in [0.15, 0.2) is 48.5 Å². The van der Waals surface area contributed by atoms with Crippen LogP contribution in [0.3, 0.4) is 0 Å². The summed E-state index contributed by atoms with van der Waals surface area (Å²) in [5, 5.41) is 0. The summed E-state index contributed by atoms with van der Waals surface area (Å²) in [6, 6.07) is 14.1. The van der Waals surface area contributed by atoms with Crippen LogP contribution >= 0.6 is 0 Å². The van der Waals surface area contributed by atoms with Gasteiger partial charge in [-0.15, -0.1) is 0 Å². The zero-order valence-corrected chi connectivity index (χ0v) is 15.0. The summed E-state index contributed by atoms with van der Waals surface area (Å²) in [5.74, 6) is 1.23. The second kappa shape index (κ2) is 8.70. The first-order valence-electron chi connectivity index (χ1n) is 8.96. The average molecular weight is 357 g/mol. The number of carbonyl (C=O) groups is 1. The molecule has 0 spiro atoms. The molecular formula is C21H24FNO3. The lowest BCUT2D eigenvalue weighted by Gasteiger charge is -2.25. The van der Waals surface area contributed by atoms with Crippen LogP contribution in [0.25, 0.3) is 0 Å². The summed E-state index contributed by atoms with van der Waals surface area (Å²) >= 11 is 0. The zero-order valence-electron chi connectivity index (χ0n) is 15.0. The Kier molecular flexibility index (Phi) is 6.10. The summed E-state index contributed by atoms with van der Waals surface area (Å²) < 4.78 is 23.7. The fourth-order valence-corrected chi connectivity index (χ4v) is 3.38. The molecule has 0 bridgehead atoms. The average Bonchev–Trinajstić information content (AvgIpc) is 3.11. The standard InChI is InChI=1S/C21H24FNO3/c1-25-20-6-2-4-16(15-20)14-18-5-3-12-23(18)21(24)11-13-26-19-9-7-17(22)8-10-19/h2,4,6-10,15,18H,3,5,11-14H2,1H3. The number of carbonyl (C=O) groups excluding carboxylic acids is 1. The van der Waals surface area contributed by atoms with E-state index in [1.165, 1.54) is 17.7 Å². The third kappa shape index (κ3) is 4.75. The van der Waals surface area contributed by atoms with Crippen molar-refractivity contribution in [3.63, 3.8) is 0 Å². The Hall–Kier alpha value is -2.56. The van der Waals surface area contributed by atoms with Crippen molar-refractivity contribution in [3.05, 3.63) is 59.9 Å². The molecule has 5 heteroatoms. The highest BCUT2D eigenvalue weighted by Crippen LogP contribution is 2.24. The van der Waals surface area contributed by atoms with Gasteiger partial charge in [0.15, 0.2) is 0 Å². The van der Waals surface area contributed by atoms with Crippen LogP contribution in [0.2, 0.25) is 0 Å². The minimum Gasteiger partial charge on any atom is -0.497 e. The Balaban J connectivity index is 1.51. The number of methoxy groups -OCH3 is 1. The molecular weight excluding hydrogens is 333 g/mol. The van der Waals surface area contributed by atoms with Gasteiger partial charge >= 0.3 is 0 Å². The summed E-state index contributed by atoms with van der Waals surface area (Å²) in [5.41, 5.74) is 1.18. The maximum absolute atomic E-state index is 12.9. The van der Waals surface area contributed by atoms with Gasteiger partial charge in [-0.05, 0) is 61.2 Å². The van der Waals surface area contributed by atoms with Gasteiger partial charge in [-0.3, -0.25) is 4.79 Å². The molecule has 1 fully saturated rings. The van der Waals surface area contributed by atoms with Crippen molar-refractivity contribution in [2.45, 2.75) is 31.7 Å². The molecule has 2 aromatic rings. The highest BCUT2D eigenvalue weighted by molar-refractivity contribution is 5.77. The largest absolute Gasteiger partial charge is 0.497 e. The van der Waals surface area contributed by atoms with E-state index >= 15 is 0 Å². The fraction of sp³-hybridized carbons (Fsp3) is 0.381. The van der Waals surface area contributed by atoms with E-state index in [1.807, 2.05) is 23.1 Å². The van der Waals surface area contributed by atoms with E-state index in [0.717, 1.165) is 31.6 Å². The number of likely N-dealkylation sites (tertiary alicyclic amines) is 1. The van der Waals surface area contributed by atoms with Crippen LogP contribution in [0.4, 0.5) is 4.39 Å². The molecule has 1 saturated heterocycles. The fourth-order valence-electron chi connectivity index (χ4n) is 3.38. The maximum atomic E-state index is 12.9. The summed E-state index contributed by atoms with van der Waals surface area (Å²) in [4.78, 5) is 14.5. The second-order valence-electron chi connectivity index (χ2n) is 6.49. The van der Waals surface area contributed by atoms with Gasteiger partial charge < -0.3 is 14.4 Å². The molecule has 1 unspecified atom stereocenters. The lowest BCUT2D eigenvalue weighted by Crippen LogP contribution is -2.37. The first-order valence-corrected chi connectivity index (χ1v) is 8.96. The first kappa shape index (κ1) is 18.2. The molecule has 1 amide bonds. The van der Waals surface area contributed by atoms with E-state index in [9.17, 15) is 9.18 Å². The number of benzene rings is 2. The van der Waals surface area contributed by atoms with Gasteiger partial charge in [-0.25, -0.2) is 4.39 Å². The molecule has 4 nitrogen and oxygen atoms in total. The minimum absolute atomic E-state index is 0.109. The summed E-state index contributed by atoms with van der Waals surface area (Å²) in [6.45, 7) is 1.09. The van der Waals surface area contributed by atoms with Crippen molar-refractivity contribution in [3.8, 4) is 11.5 Å². The maximum Gasteiger partial charge on any atom is 0.226 e. The number of ether oxygens (including phenoxy) is 2. The Labute approximate surface area is 153 Å². The van der Waals surface area contributed by atoms with Gasteiger partial charge in [-0.2, -0.15) is 0 Å². The Bertz CT molecular complexity index is 732. The summed E-state index contributed by atoms with van der Waals surface area (Å²) in [6.07, 6.45) is 3.20. The van der Waals surface area contributed by atoms with Crippen LogP contribution in [-0.2, 0) is 11.2 Å². The van der Waals surface area contributed by atoms with Crippen molar-refractivity contribution in [1.82, 2.24) is 4.90 Å². The normalized spacial score (nSPS) is 16.5. The smallest absolute Gasteiger partial charge is 0.226 e. The Morgan fingerprint density at radius 2 is 2.00 bits per heavy atom. The Morgan fingerprint density at radius 3 is 2.77 bits per heavy atom. The predicted octanol–water partition coefficient (Wildman–Crippen LogP) is 3.84. The lowest BCUT2D eigenvalue weighted by molar-refractivity contribution is -0.132. The van der Waals surface area contributed by atoms with E-state index in [-0.39, 0.29) is 17.8 Å². The van der Waals surface area contributed by atoms with Crippen LogP contribution in [0.1, 0.15) is 24.8 Å². The second-order valence-corrected chi connectivity index (χ2v) is 6.49. The van der Waals surface area contributed by atoms with Crippen molar-refractivity contribution in [1.29, 1.82) is 0 Å². The molecule has 0 radical (unpaired) electrons. The lowest BCUT2D eigenvalue weighted by atomic mass is 10.0. The quantitative estimate of drug-likeness (QED) is 0.756. The third-order valence-corrected chi connectivity index (χ3v) is 4.70. The molecule has 26 heavy (non-hydrogen) atoms. The Morgan fingerprint density at radius 1 is 1.19 bits per heavy atom. The van der Waals surface area contributed by atoms with E-state index in [2.05, 4.69) is 6.07 Å². The number of hydrogen-bond acceptors (Lipinski definition) is 3. The highest BCUT2D eigenvalue weighted by atomic mass is 19.1. The van der Waals surface area contributed by atoms with Crippen LogP contribution in [0.5, 0.6) is 11.5 Å². The molecule has 138 valence electrons. The van der Waals surface area contributed by atoms with Gasteiger partial charge in [0, 0.05) is 12.6 Å². The van der Waals surface area contributed by atoms with E-state index in [0.29, 0.717) is 18.8 Å². The van der Waals surface area contributed by atoms with E-state index in [4.69, 9.17) is 9.47 Å². The van der Waals surface area contributed by atoms with Gasteiger partial charge in [0.25, 0.3) is 0 Å².